The van der Waals surface area contributed by atoms with Gasteiger partial charge < -0.3 is 9.52 Å². The highest BCUT2D eigenvalue weighted by atomic mass is 32.1. The van der Waals surface area contributed by atoms with E-state index in [9.17, 15) is 5.11 Å². The Morgan fingerprint density at radius 2 is 2.21 bits per heavy atom. The summed E-state index contributed by atoms with van der Waals surface area (Å²) in [5.41, 5.74) is 1.79. The second kappa shape index (κ2) is 3.59. The van der Waals surface area contributed by atoms with E-state index in [-0.39, 0.29) is 0 Å². The molecular formula is C11H12O2S. The maximum Gasteiger partial charge on any atom is 0.108 e. The molecule has 0 saturated carbocycles. The van der Waals surface area contributed by atoms with Crippen LogP contribution in [0.2, 0.25) is 0 Å². The molecular weight excluding hydrogens is 196 g/mol. The predicted octanol–water partition coefficient (Wildman–Crippen LogP) is 3.04. The van der Waals surface area contributed by atoms with Crippen LogP contribution in [0.3, 0.4) is 0 Å². The molecule has 74 valence electrons. The van der Waals surface area contributed by atoms with Gasteiger partial charge in [0.1, 0.15) is 11.9 Å². The van der Waals surface area contributed by atoms with E-state index >= 15 is 0 Å². The van der Waals surface area contributed by atoms with Crippen molar-refractivity contribution >= 4 is 11.3 Å². The average Bonchev–Trinajstić information content (AvgIpc) is 2.73. The summed E-state index contributed by atoms with van der Waals surface area (Å²) in [4.78, 5) is 1.15. The highest BCUT2D eigenvalue weighted by molar-refractivity contribution is 7.10. The van der Waals surface area contributed by atoms with Crippen LogP contribution in [0.25, 0.3) is 0 Å². The Kier molecular flexibility index (Phi) is 2.44. The molecule has 2 rings (SSSR count). The van der Waals surface area contributed by atoms with Gasteiger partial charge in [-0.15, -0.1) is 11.3 Å². The molecule has 0 aliphatic rings. The highest BCUT2D eigenvalue weighted by Crippen LogP contribution is 2.28. The van der Waals surface area contributed by atoms with Crippen LogP contribution in [0, 0.1) is 13.8 Å². The van der Waals surface area contributed by atoms with Gasteiger partial charge >= 0.3 is 0 Å². The summed E-state index contributed by atoms with van der Waals surface area (Å²) in [7, 11) is 0. The summed E-state index contributed by atoms with van der Waals surface area (Å²) in [5, 5.41) is 12.0. The summed E-state index contributed by atoms with van der Waals surface area (Å²) in [5.74, 6) is 0.826. The smallest absolute Gasteiger partial charge is 0.108 e. The first-order valence-corrected chi connectivity index (χ1v) is 5.33. The molecule has 1 N–H and O–H groups in total. The number of thiophene rings is 1. The van der Waals surface area contributed by atoms with Crippen molar-refractivity contribution in [3.05, 3.63) is 45.5 Å². The fourth-order valence-corrected chi connectivity index (χ4v) is 2.20. The van der Waals surface area contributed by atoms with Crippen LogP contribution >= 0.6 is 11.3 Å². The van der Waals surface area contributed by atoms with Crippen molar-refractivity contribution in [1.82, 2.24) is 0 Å². The molecule has 2 aromatic rings. The molecule has 0 aliphatic carbocycles. The van der Waals surface area contributed by atoms with Crippen LogP contribution in [-0.4, -0.2) is 5.11 Å². The van der Waals surface area contributed by atoms with E-state index in [1.807, 2.05) is 31.4 Å². The number of rotatable bonds is 2. The third kappa shape index (κ3) is 1.61. The number of hydrogen-bond donors (Lipinski definition) is 1. The number of furan rings is 1. The predicted molar refractivity (Wildman–Crippen MR) is 56.6 cm³/mol. The minimum atomic E-state index is -0.557. The van der Waals surface area contributed by atoms with Crippen LogP contribution in [0.4, 0.5) is 0 Å². The van der Waals surface area contributed by atoms with Crippen LogP contribution in [0.15, 0.2) is 28.2 Å². The molecule has 0 aromatic carbocycles. The van der Waals surface area contributed by atoms with E-state index < -0.39 is 6.10 Å². The Morgan fingerprint density at radius 3 is 2.71 bits per heavy atom. The fraction of sp³-hybridized carbons (Fsp3) is 0.273. The topological polar surface area (TPSA) is 33.4 Å². The lowest BCUT2D eigenvalue weighted by atomic mass is 10.1. The maximum absolute atomic E-state index is 10.0. The monoisotopic (exact) mass is 208 g/mol. The Hall–Kier alpha value is -1.06. The maximum atomic E-state index is 10.0. The van der Waals surface area contributed by atoms with Gasteiger partial charge in [-0.1, -0.05) is 0 Å². The number of aryl methyl sites for hydroxylation is 2. The van der Waals surface area contributed by atoms with Crippen LogP contribution < -0.4 is 0 Å². The van der Waals surface area contributed by atoms with E-state index in [2.05, 4.69) is 0 Å². The van der Waals surface area contributed by atoms with Crippen LogP contribution in [0.1, 0.15) is 27.9 Å². The van der Waals surface area contributed by atoms with Crippen molar-refractivity contribution in [2.75, 3.05) is 0 Å². The van der Waals surface area contributed by atoms with Crippen molar-refractivity contribution in [2.24, 2.45) is 0 Å². The third-order valence-corrected chi connectivity index (χ3v) is 3.12. The van der Waals surface area contributed by atoms with Crippen LogP contribution in [-0.2, 0) is 0 Å². The van der Waals surface area contributed by atoms with E-state index in [0.29, 0.717) is 0 Å². The lowest BCUT2D eigenvalue weighted by Gasteiger charge is -2.06. The van der Waals surface area contributed by atoms with Crippen molar-refractivity contribution in [3.8, 4) is 0 Å². The zero-order chi connectivity index (χ0) is 10.1. The Bertz CT molecular complexity index is 428. The van der Waals surface area contributed by atoms with E-state index in [4.69, 9.17) is 4.42 Å². The molecule has 0 fully saturated rings. The second-order valence-corrected chi connectivity index (χ2v) is 4.45. The molecule has 1 atom stereocenters. The van der Waals surface area contributed by atoms with Crippen molar-refractivity contribution in [1.29, 1.82) is 0 Å². The lowest BCUT2D eigenvalue weighted by Crippen LogP contribution is -1.97. The zero-order valence-electron chi connectivity index (χ0n) is 8.15. The summed E-state index contributed by atoms with van der Waals surface area (Å²) >= 11 is 1.64. The molecule has 2 nitrogen and oxygen atoms in total. The minimum absolute atomic E-state index is 0.557. The van der Waals surface area contributed by atoms with Crippen molar-refractivity contribution in [3.63, 3.8) is 0 Å². The third-order valence-electron chi connectivity index (χ3n) is 2.26. The molecule has 0 aliphatic heterocycles. The quantitative estimate of drug-likeness (QED) is 0.823. The first kappa shape index (κ1) is 9.49. The summed E-state index contributed by atoms with van der Waals surface area (Å²) in [6, 6.07) is 3.81. The standard InChI is InChI=1S/C11H12O2S/c1-7-5-9(6-13-7)11(12)10-3-4-14-8(10)2/h3-6,11-12H,1-2H3. The zero-order valence-corrected chi connectivity index (χ0v) is 8.97. The summed E-state index contributed by atoms with van der Waals surface area (Å²) < 4.78 is 5.17. The van der Waals surface area contributed by atoms with Gasteiger partial charge in [-0.2, -0.15) is 0 Å². The van der Waals surface area contributed by atoms with Crippen molar-refractivity contribution < 1.29 is 9.52 Å². The average molecular weight is 208 g/mol. The molecule has 3 heteroatoms. The van der Waals surface area contributed by atoms with Crippen molar-refractivity contribution in [2.45, 2.75) is 20.0 Å². The number of hydrogen-bond acceptors (Lipinski definition) is 3. The van der Waals surface area contributed by atoms with Gasteiger partial charge in [-0.25, -0.2) is 0 Å². The molecule has 1 unspecified atom stereocenters. The number of aliphatic hydroxyl groups is 1. The molecule has 0 amide bonds. The first-order valence-electron chi connectivity index (χ1n) is 4.45. The Morgan fingerprint density at radius 1 is 1.43 bits per heavy atom. The van der Waals surface area contributed by atoms with E-state index in [0.717, 1.165) is 21.8 Å². The Balaban J connectivity index is 2.33. The van der Waals surface area contributed by atoms with Gasteiger partial charge in [0, 0.05) is 10.4 Å². The molecule has 14 heavy (non-hydrogen) atoms. The lowest BCUT2D eigenvalue weighted by molar-refractivity contribution is 0.219. The number of aliphatic hydroxyl groups excluding tert-OH is 1. The molecule has 0 radical (unpaired) electrons. The highest BCUT2D eigenvalue weighted by Gasteiger charge is 2.15. The van der Waals surface area contributed by atoms with Crippen LogP contribution in [0.5, 0.6) is 0 Å². The van der Waals surface area contributed by atoms with Gasteiger partial charge in [0.05, 0.1) is 6.26 Å². The molecule has 2 heterocycles. The second-order valence-electron chi connectivity index (χ2n) is 3.33. The largest absolute Gasteiger partial charge is 0.469 e. The molecule has 0 bridgehead atoms. The van der Waals surface area contributed by atoms with Gasteiger partial charge in [-0.05, 0) is 36.9 Å². The molecule has 2 aromatic heterocycles. The summed E-state index contributed by atoms with van der Waals surface area (Å²) in [6.45, 7) is 3.88. The SMILES string of the molecule is Cc1cc(C(O)c2ccsc2C)co1. The molecule has 0 spiro atoms. The fourth-order valence-electron chi connectivity index (χ4n) is 1.47. The van der Waals surface area contributed by atoms with E-state index in [1.54, 1.807) is 17.6 Å². The van der Waals surface area contributed by atoms with Gasteiger partial charge in [0.15, 0.2) is 0 Å². The Labute approximate surface area is 86.8 Å². The minimum Gasteiger partial charge on any atom is -0.469 e. The summed E-state index contributed by atoms with van der Waals surface area (Å²) in [6.07, 6.45) is 1.05. The van der Waals surface area contributed by atoms with Gasteiger partial charge in [-0.3, -0.25) is 0 Å². The normalized spacial score (nSPS) is 13.1. The van der Waals surface area contributed by atoms with Gasteiger partial charge in [0.2, 0.25) is 0 Å². The molecule has 0 saturated heterocycles. The van der Waals surface area contributed by atoms with Gasteiger partial charge in [0.25, 0.3) is 0 Å². The van der Waals surface area contributed by atoms with E-state index in [1.165, 1.54) is 0 Å². The first-order chi connectivity index (χ1) is 6.68.